The van der Waals surface area contributed by atoms with Crippen LogP contribution in [0, 0.1) is 0 Å². The summed E-state index contributed by atoms with van der Waals surface area (Å²) in [6.07, 6.45) is -2.48. The second-order valence-corrected chi connectivity index (χ2v) is 7.82. The number of rotatable bonds is 7. The number of allylic oxidation sites excluding steroid dienone is 2. The molecule has 0 aliphatic rings. The van der Waals surface area contributed by atoms with Crippen LogP contribution in [0.1, 0.15) is 23.0 Å². The zero-order chi connectivity index (χ0) is 24.4. The van der Waals surface area contributed by atoms with Crippen LogP contribution in [0.15, 0.2) is 66.7 Å². The van der Waals surface area contributed by atoms with Crippen molar-refractivity contribution < 1.29 is 41.6 Å². The average Bonchev–Trinajstić information content (AvgIpc) is 3.16. The summed E-state index contributed by atoms with van der Waals surface area (Å²) in [4.78, 5) is 45.3. The quantitative estimate of drug-likeness (QED) is 0.290. The molecule has 0 N–H and O–H groups in total. The second kappa shape index (κ2) is 9.14. The van der Waals surface area contributed by atoms with Crippen molar-refractivity contribution in [2.45, 2.75) is 13.1 Å². The number of aromatic nitrogens is 2. The Kier molecular flexibility index (Phi) is 6.68. The van der Waals surface area contributed by atoms with E-state index < -0.39 is 25.3 Å². The van der Waals surface area contributed by atoms with E-state index in [0.29, 0.717) is 5.56 Å². The highest BCUT2D eigenvalue weighted by Crippen LogP contribution is 2.32. The zero-order valence-electron chi connectivity index (χ0n) is 16.8. The minimum atomic E-state index is -5.24. The molecule has 172 valence electrons. The van der Waals surface area contributed by atoms with Crippen molar-refractivity contribution in [1.29, 1.82) is 0 Å². The highest BCUT2D eigenvalue weighted by Gasteiger charge is 2.30. The lowest BCUT2D eigenvalue weighted by molar-refractivity contribution is -0.333. The van der Waals surface area contributed by atoms with Gasteiger partial charge >= 0.3 is 6.18 Å². The Morgan fingerprint density at radius 2 is 1.64 bits per heavy atom. The van der Waals surface area contributed by atoms with Crippen molar-refractivity contribution >= 4 is 19.4 Å². The Balaban J connectivity index is 2.04. The van der Waals surface area contributed by atoms with Gasteiger partial charge in [0.2, 0.25) is 5.78 Å². The van der Waals surface area contributed by atoms with Crippen LogP contribution in [0.4, 0.5) is 13.2 Å². The van der Waals surface area contributed by atoms with Crippen LogP contribution in [0.2, 0.25) is 0 Å². The van der Waals surface area contributed by atoms with E-state index in [1.165, 1.54) is 37.3 Å². The lowest BCUT2D eigenvalue weighted by atomic mass is 10.1. The lowest BCUT2D eigenvalue weighted by Gasteiger charge is -2.28. The van der Waals surface area contributed by atoms with E-state index in [-0.39, 0.29) is 28.6 Å². The summed E-state index contributed by atoms with van der Waals surface area (Å²) in [5.41, 5.74) is -0.149. The molecule has 0 bridgehead atoms. The van der Waals surface area contributed by atoms with E-state index in [1.54, 1.807) is 0 Å². The number of ketones is 2. The fourth-order valence-corrected chi connectivity index (χ4v) is 3.16. The molecule has 0 saturated carbocycles. The van der Waals surface area contributed by atoms with Gasteiger partial charge in [0, 0.05) is 5.56 Å². The molecule has 0 amide bonds. The first-order chi connectivity index (χ1) is 15.3. The number of phosphoric ester groups is 1. The largest absolute Gasteiger partial charge is 0.780 e. The van der Waals surface area contributed by atoms with E-state index in [2.05, 4.69) is 9.62 Å². The van der Waals surface area contributed by atoms with Gasteiger partial charge in [-0.25, -0.2) is 4.68 Å². The number of benzene rings is 2. The summed E-state index contributed by atoms with van der Waals surface area (Å²) in [5, 5.41) is 4.27. The molecule has 8 nitrogen and oxygen atoms in total. The highest BCUT2D eigenvalue weighted by molar-refractivity contribution is 7.43. The fourth-order valence-electron chi connectivity index (χ4n) is 2.78. The summed E-state index contributed by atoms with van der Waals surface area (Å²) < 4.78 is 54.7. The third kappa shape index (κ3) is 6.26. The number of hydrogen-bond acceptors (Lipinski definition) is 7. The second-order valence-electron chi connectivity index (χ2n) is 6.74. The summed E-state index contributed by atoms with van der Waals surface area (Å²) in [6.45, 7) is 1.24. The molecule has 3 rings (SSSR count). The van der Waals surface area contributed by atoms with E-state index in [9.17, 15) is 37.1 Å². The molecule has 1 aromatic heterocycles. The number of alkyl halides is 3. The molecule has 33 heavy (non-hydrogen) atoms. The molecule has 0 aliphatic carbocycles. The first kappa shape index (κ1) is 24.1. The van der Waals surface area contributed by atoms with Crippen LogP contribution in [0.25, 0.3) is 16.9 Å². The Hall–Kier alpha value is -3.53. The van der Waals surface area contributed by atoms with E-state index >= 15 is 0 Å². The third-order valence-electron chi connectivity index (χ3n) is 4.24. The molecule has 1 heterocycles. The maximum atomic E-state index is 12.9. The van der Waals surface area contributed by atoms with E-state index in [1.807, 2.05) is 0 Å². The summed E-state index contributed by atoms with van der Waals surface area (Å²) in [5.74, 6) is -1.23. The van der Waals surface area contributed by atoms with Crippen LogP contribution in [-0.2, 0) is 15.5 Å². The van der Waals surface area contributed by atoms with Gasteiger partial charge in [0.05, 0.1) is 16.9 Å². The monoisotopic (exact) mass is 478 g/mol. The molecule has 2 aromatic carbocycles. The first-order valence-electron chi connectivity index (χ1n) is 9.16. The number of hydrogen-bond donors (Lipinski definition) is 0. The number of carbonyl (C=O) groups excluding carboxylic acids is 2. The number of halogens is 3. The summed E-state index contributed by atoms with van der Waals surface area (Å²) >= 11 is 0. The topological polar surface area (TPSA) is 124 Å². The predicted molar refractivity (Wildman–Crippen MR) is 106 cm³/mol. The van der Waals surface area contributed by atoms with Crippen molar-refractivity contribution in [2.24, 2.45) is 0 Å². The Morgan fingerprint density at radius 3 is 2.15 bits per heavy atom. The first-order valence-corrected chi connectivity index (χ1v) is 10.6. The van der Waals surface area contributed by atoms with E-state index in [4.69, 9.17) is 0 Å². The van der Waals surface area contributed by atoms with Crippen molar-refractivity contribution in [3.63, 3.8) is 0 Å². The van der Waals surface area contributed by atoms with Gasteiger partial charge in [-0.1, -0.05) is 0 Å². The van der Waals surface area contributed by atoms with Crippen LogP contribution in [-0.4, -0.2) is 21.3 Å². The van der Waals surface area contributed by atoms with Gasteiger partial charge in [-0.05, 0) is 73.7 Å². The van der Waals surface area contributed by atoms with Crippen LogP contribution < -0.4 is 14.3 Å². The van der Waals surface area contributed by atoms with Crippen molar-refractivity contribution in [1.82, 2.24) is 9.78 Å². The Labute approximate surface area is 185 Å². The van der Waals surface area contributed by atoms with Gasteiger partial charge in [0.1, 0.15) is 19.3 Å². The summed E-state index contributed by atoms with van der Waals surface area (Å²) in [7, 11) is -5.24. The minimum absolute atomic E-state index is 0.0359. The SMILES string of the molecule is CC(=O)C=CC(=O)c1cc(-c2ccc(OP(=O)([O-])[O-])cc2)nn1-c1ccc(C(F)(F)F)cc1. The maximum Gasteiger partial charge on any atom is 0.416 e. The van der Waals surface area contributed by atoms with Crippen molar-refractivity contribution in [3.05, 3.63) is 78.0 Å². The predicted octanol–water partition coefficient (Wildman–Crippen LogP) is 3.09. The smallest absolute Gasteiger partial charge is 0.416 e. The molecule has 0 fully saturated rings. The highest BCUT2D eigenvalue weighted by atomic mass is 31.2. The Morgan fingerprint density at radius 1 is 1.03 bits per heavy atom. The van der Waals surface area contributed by atoms with E-state index in [0.717, 1.165) is 41.1 Å². The van der Waals surface area contributed by atoms with Crippen molar-refractivity contribution in [3.8, 4) is 22.7 Å². The third-order valence-corrected chi connectivity index (χ3v) is 4.67. The van der Waals surface area contributed by atoms with Crippen molar-refractivity contribution in [2.75, 3.05) is 0 Å². The molecule has 0 saturated heterocycles. The molecular weight excluding hydrogens is 464 g/mol. The molecule has 3 aromatic rings. The van der Waals surface area contributed by atoms with Gasteiger partial charge < -0.3 is 18.9 Å². The zero-order valence-corrected chi connectivity index (χ0v) is 17.7. The molecule has 0 unspecified atom stereocenters. The number of carbonyl (C=O) groups is 2. The van der Waals surface area contributed by atoms with Crippen LogP contribution >= 0.6 is 7.82 Å². The minimum Gasteiger partial charge on any atom is -0.780 e. The molecule has 12 heteroatoms. The van der Waals surface area contributed by atoms with Gasteiger partial charge in [-0.2, -0.15) is 18.3 Å². The van der Waals surface area contributed by atoms with Crippen LogP contribution in [0.3, 0.4) is 0 Å². The molecule has 0 aliphatic heterocycles. The fraction of sp³-hybridized carbons (Fsp3) is 0.0952. The van der Waals surface area contributed by atoms with Gasteiger partial charge in [0.15, 0.2) is 5.78 Å². The van der Waals surface area contributed by atoms with Gasteiger partial charge in [-0.15, -0.1) is 0 Å². The molecule has 0 radical (unpaired) electrons. The van der Waals surface area contributed by atoms with Gasteiger partial charge in [-0.3, -0.25) is 9.59 Å². The normalized spacial score (nSPS) is 12.2. The Bertz CT molecular complexity index is 1260. The summed E-state index contributed by atoms with van der Waals surface area (Å²) in [6, 6.07) is 10.5. The van der Waals surface area contributed by atoms with Crippen LogP contribution in [0.5, 0.6) is 5.75 Å². The molecule has 0 atom stereocenters. The maximum absolute atomic E-state index is 12.9. The lowest BCUT2D eigenvalue weighted by Crippen LogP contribution is -2.18. The molecule has 0 spiro atoms. The standard InChI is InChI=1S/C21H16F3N2O6P/c1-13(27)2-11-20(28)19-12-18(14-3-9-17(10-4-14)32-33(29,30)31)25-26(19)16-7-5-15(6-8-16)21(22,23)24/h2-12H,1H3,(H2,29,30,31)/p-2. The number of phosphoric acid groups is 1. The average molecular weight is 478 g/mol. The molecular formula is C21H14F3N2O6P-2. The van der Waals surface area contributed by atoms with Gasteiger partial charge in [0.25, 0.3) is 0 Å². The number of nitrogens with zero attached hydrogens (tertiary/aromatic N) is 2.